The number of hydrogen-bond acceptors (Lipinski definition) is 7. The first kappa shape index (κ1) is 15.9. The molecule has 9 heteroatoms. The third-order valence-corrected chi connectivity index (χ3v) is 4.03. The molecule has 0 atom stereocenters. The summed E-state index contributed by atoms with van der Waals surface area (Å²) in [7, 11) is 3.99. The highest BCUT2D eigenvalue weighted by molar-refractivity contribution is 5.54. The van der Waals surface area contributed by atoms with Crippen molar-refractivity contribution in [2.75, 3.05) is 19.0 Å². The number of hydrogen-bond donors (Lipinski definition) is 0. The van der Waals surface area contributed by atoms with Crippen LogP contribution in [-0.4, -0.2) is 54.5 Å². The fourth-order valence-corrected chi connectivity index (χ4v) is 2.58. The molecule has 9 nitrogen and oxygen atoms in total. The van der Waals surface area contributed by atoms with E-state index < -0.39 is 0 Å². The molecule has 0 saturated heterocycles. The fraction of sp³-hybridized carbons (Fsp3) is 0.176. The van der Waals surface area contributed by atoms with Gasteiger partial charge < -0.3 is 4.90 Å². The normalized spacial score (nSPS) is 10.9. The largest absolute Gasteiger partial charge is 0.378 e. The first-order valence-corrected chi connectivity index (χ1v) is 8.05. The minimum absolute atomic E-state index is 0.466. The van der Waals surface area contributed by atoms with Gasteiger partial charge in [-0.05, 0) is 64.2 Å². The van der Waals surface area contributed by atoms with Crippen molar-refractivity contribution in [3.8, 4) is 23.0 Å². The summed E-state index contributed by atoms with van der Waals surface area (Å²) in [5.41, 5.74) is 3.92. The molecule has 0 amide bonds. The second kappa shape index (κ2) is 6.36. The van der Waals surface area contributed by atoms with E-state index in [-0.39, 0.29) is 0 Å². The topological polar surface area (TPSA) is 90.4 Å². The molecule has 0 aliphatic rings. The Labute approximate surface area is 149 Å². The van der Waals surface area contributed by atoms with Crippen LogP contribution in [0.4, 0.5) is 5.69 Å². The van der Waals surface area contributed by atoms with E-state index in [0.717, 1.165) is 22.6 Å². The molecule has 2 heterocycles. The van der Waals surface area contributed by atoms with Crippen molar-refractivity contribution >= 4 is 5.69 Å². The average Bonchev–Trinajstić information content (AvgIpc) is 3.31. The van der Waals surface area contributed by atoms with Gasteiger partial charge >= 0.3 is 0 Å². The molecule has 0 fully saturated rings. The number of nitrogens with zero attached hydrogens (tertiary/aromatic N) is 9. The second-order valence-corrected chi connectivity index (χ2v) is 6.07. The van der Waals surface area contributed by atoms with Crippen LogP contribution in [0.2, 0.25) is 0 Å². The molecule has 0 N–H and O–H groups in total. The predicted molar refractivity (Wildman–Crippen MR) is 96.4 cm³/mol. The standard InChI is InChI=1S/C17H17N9/c1-12-4-6-14(7-5-12)25-16(18-20-22-25)17-19-21-23-26(17)15-10-8-13(9-11-15)24(2)3/h4-11H,1-3H3. The summed E-state index contributed by atoms with van der Waals surface area (Å²) >= 11 is 0. The molecular formula is C17H17N9. The molecular weight excluding hydrogens is 330 g/mol. The lowest BCUT2D eigenvalue weighted by Crippen LogP contribution is -2.09. The third kappa shape index (κ3) is 2.79. The zero-order valence-corrected chi connectivity index (χ0v) is 14.6. The van der Waals surface area contributed by atoms with Crippen LogP contribution in [0.25, 0.3) is 23.0 Å². The maximum Gasteiger partial charge on any atom is 0.226 e. The molecule has 0 bridgehead atoms. The van der Waals surface area contributed by atoms with Gasteiger partial charge in [-0.2, -0.15) is 9.36 Å². The van der Waals surface area contributed by atoms with Crippen molar-refractivity contribution in [3.05, 3.63) is 54.1 Å². The minimum atomic E-state index is 0.466. The summed E-state index contributed by atoms with van der Waals surface area (Å²) < 4.78 is 3.24. The van der Waals surface area contributed by atoms with Gasteiger partial charge in [-0.15, -0.1) is 10.2 Å². The number of tetrazole rings is 2. The lowest BCUT2D eigenvalue weighted by atomic mass is 10.2. The monoisotopic (exact) mass is 347 g/mol. The Balaban J connectivity index is 1.76. The van der Waals surface area contributed by atoms with Gasteiger partial charge in [0.25, 0.3) is 0 Å². The van der Waals surface area contributed by atoms with E-state index in [1.807, 2.05) is 74.4 Å². The predicted octanol–water partition coefficient (Wildman–Crippen LogP) is 1.68. The van der Waals surface area contributed by atoms with E-state index >= 15 is 0 Å². The third-order valence-electron chi connectivity index (χ3n) is 4.03. The van der Waals surface area contributed by atoms with Crippen LogP contribution in [0.5, 0.6) is 0 Å². The van der Waals surface area contributed by atoms with Crippen LogP contribution in [0, 0.1) is 6.92 Å². The van der Waals surface area contributed by atoms with Crippen molar-refractivity contribution in [3.63, 3.8) is 0 Å². The van der Waals surface area contributed by atoms with Crippen LogP contribution in [0.1, 0.15) is 5.56 Å². The van der Waals surface area contributed by atoms with Crippen LogP contribution >= 0.6 is 0 Å². The Kier molecular flexibility index (Phi) is 3.88. The van der Waals surface area contributed by atoms with Gasteiger partial charge in [0.1, 0.15) is 0 Å². The van der Waals surface area contributed by atoms with E-state index in [9.17, 15) is 0 Å². The first-order chi connectivity index (χ1) is 12.6. The molecule has 26 heavy (non-hydrogen) atoms. The summed E-state index contributed by atoms with van der Waals surface area (Å²) in [4.78, 5) is 2.03. The maximum absolute atomic E-state index is 4.12. The van der Waals surface area contributed by atoms with Crippen molar-refractivity contribution in [2.45, 2.75) is 6.92 Å². The summed E-state index contributed by atoms with van der Waals surface area (Å²) in [5, 5.41) is 24.0. The highest BCUT2D eigenvalue weighted by Gasteiger charge is 2.19. The quantitative estimate of drug-likeness (QED) is 0.555. The van der Waals surface area contributed by atoms with E-state index in [1.165, 1.54) is 0 Å². The van der Waals surface area contributed by atoms with Gasteiger partial charge in [0.15, 0.2) is 0 Å². The molecule has 4 aromatic rings. The molecule has 0 aliphatic carbocycles. The van der Waals surface area contributed by atoms with Gasteiger partial charge in [-0.25, -0.2) is 0 Å². The lowest BCUT2D eigenvalue weighted by Gasteiger charge is -2.12. The highest BCUT2D eigenvalue weighted by Crippen LogP contribution is 2.21. The van der Waals surface area contributed by atoms with E-state index in [1.54, 1.807) is 9.36 Å². The summed E-state index contributed by atoms with van der Waals surface area (Å²) in [6.07, 6.45) is 0. The molecule has 0 saturated carbocycles. The lowest BCUT2D eigenvalue weighted by molar-refractivity contribution is 0.779. The Morgan fingerprint density at radius 2 is 1.15 bits per heavy atom. The van der Waals surface area contributed by atoms with Gasteiger partial charge in [0, 0.05) is 19.8 Å². The number of aryl methyl sites for hydroxylation is 1. The van der Waals surface area contributed by atoms with Crippen molar-refractivity contribution in [1.29, 1.82) is 0 Å². The average molecular weight is 347 g/mol. The van der Waals surface area contributed by atoms with Crippen molar-refractivity contribution < 1.29 is 0 Å². The molecule has 0 unspecified atom stereocenters. The van der Waals surface area contributed by atoms with Gasteiger partial charge in [0.2, 0.25) is 11.6 Å². The van der Waals surface area contributed by atoms with E-state index in [0.29, 0.717) is 11.6 Å². The number of aromatic nitrogens is 8. The fourth-order valence-electron chi connectivity index (χ4n) is 2.58. The van der Waals surface area contributed by atoms with Gasteiger partial charge in [-0.3, -0.25) is 0 Å². The zero-order chi connectivity index (χ0) is 18.1. The molecule has 0 aliphatic heterocycles. The smallest absolute Gasteiger partial charge is 0.226 e. The number of anilines is 1. The summed E-state index contributed by atoms with van der Waals surface area (Å²) in [5.74, 6) is 0.934. The molecule has 4 rings (SSSR count). The molecule has 0 spiro atoms. The number of benzene rings is 2. The SMILES string of the molecule is Cc1ccc(-n2nnnc2-c2nnnn2-c2ccc(N(C)C)cc2)cc1. The minimum Gasteiger partial charge on any atom is -0.378 e. The van der Waals surface area contributed by atoms with E-state index in [2.05, 4.69) is 31.1 Å². The van der Waals surface area contributed by atoms with E-state index in [4.69, 9.17) is 0 Å². The van der Waals surface area contributed by atoms with Crippen LogP contribution < -0.4 is 4.90 Å². The zero-order valence-electron chi connectivity index (χ0n) is 14.6. The van der Waals surface area contributed by atoms with Crippen molar-refractivity contribution in [2.24, 2.45) is 0 Å². The Hall–Kier alpha value is -3.62. The highest BCUT2D eigenvalue weighted by atomic mass is 15.6. The second-order valence-electron chi connectivity index (χ2n) is 6.07. The van der Waals surface area contributed by atoms with Crippen molar-refractivity contribution in [1.82, 2.24) is 40.4 Å². The molecule has 2 aromatic carbocycles. The molecule has 130 valence electrons. The summed E-state index contributed by atoms with van der Waals surface area (Å²) in [6.45, 7) is 2.03. The van der Waals surface area contributed by atoms with Gasteiger partial charge in [0.05, 0.1) is 11.4 Å². The Bertz CT molecular complexity index is 1010. The number of rotatable bonds is 4. The first-order valence-electron chi connectivity index (χ1n) is 8.05. The Morgan fingerprint density at radius 3 is 1.62 bits per heavy atom. The molecule has 2 aromatic heterocycles. The van der Waals surface area contributed by atoms with Gasteiger partial charge in [-0.1, -0.05) is 17.7 Å². The molecule has 0 radical (unpaired) electrons. The summed E-state index contributed by atoms with van der Waals surface area (Å²) in [6, 6.07) is 15.8. The van der Waals surface area contributed by atoms with Crippen LogP contribution in [0.3, 0.4) is 0 Å². The van der Waals surface area contributed by atoms with Crippen LogP contribution in [0.15, 0.2) is 48.5 Å². The Morgan fingerprint density at radius 1 is 0.692 bits per heavy atom. The van der Waals surface area contributed by atoms with Crippen LogP contribution in [-0.2, 0) is 0 Å². The maximum atomic E-state index is 4.12.